The number of rotatable bonds is 6. The van der Waals surface area contributed by atoms with Crippen LogP contribution in [0.5, 0.6) is 5.75 Å². The Morgan fingerprint density at radius 2 is 1.61 bits per heavy atom. The number of sulfonamides is 1. The smallest absolute Gasteiger partial charge is 0.272 e. The maximum Gasteiger partial charge on any atom is 0.272 e. The molecule has 4 aromatic rings. The second kappa shape index (κ2) is 8.55. The van der Waals surface area contributed by atoms with E-state index in [-0.39, 0.29) is 21.9 Å². The molecule has 8 heteroatoms. The van der Waals surface area contributed by atoms with Gasteiger partial charge in [-0.15, -0.1) is 0 Å². The topological polar surface area (TPSA) is 93.9 Å². The lowest BCUT2D eigenvalue weighted by Gasteiger charge is -2.23. The van der Waals surface area contributed by atoms with Gasteiger partial charge >= 0.3 is 0 Å². The molecule has 0 radical (unpaired) electrons. The van der Waals surface area contributed by atoms with E-state index in [2.05, 4.69) is 0 Å². The van der Waals surface area contributed by atoms with Crippen molar-refractivity contribution in [3.05, 3.63) is 89.7 Å². The Balaban J connectivity index is 1.94. The van der Waals surface area contributed by atoms with E-state index in [0.717, 1.165) is 4.31 Å². The lowest BCUT2D eigenvalue weighted by molar-refractivity contribution is 0.1000. The summed E-state index contributed by atoms with van der Waals surface area (Å²) in [5.41, 5.74) is 1.07. The minimum absolute atomic E-state index is 0.0807. The van der Waals surface area contributed by atoms with Gasteiger partial charge in [-0.25, -0.2) is 8.42 Å². The van der Waals surface area contributed by atoms with Crippen LogP contribution in [-0.2, 0) is 10.0 Å². The van der Waals surface area contributed by atoms with Gasteiger partial charge in [-0.3, -0.25) is 9.59 Å². The van der Waals surface area contributed by atoms with Gasteiger partial charge in [-0.05, 0) is 68.4 Å². The van der Waals surface area contributed by atoms with Gasteiger partial charge in [-0.1, -0.05) is 18.2 Å². The van der Waals surface area contributed by atoms with Crippen LogP contribution in [0.4, 0.5) is 5.69 Å². The van der Waals surface area contributed by atoms with Crippen molar-refractivity contribution in [3.63, 3.8) is 0 Å². The Labute approximate surface area is 191 Å². The highest BCUT2D eigenvalue weighted by molar-refractivity contribution is 7.93. The second-order valence-electron chi connectivity index (χ2n) is 7.39. The Kier molecular flexibility index (Phi) is 5.78. The average molecular weight is 464 g/mol. The van der Waals surface area contributed by atoms with Gasteiger partial charge in [0.2, 0.25) is 0 Å². The number of furan rings is 1. The summed E-state index contributed by atoms with van der Waals surface area (Å²) in [5.74, 6) is -0.0393. The fourth-order valence-corrected chi connectivity index (χ4v) is 5.09. The number of amides is 1. The number of carbonyl (C=O) groups excluding carboxylic acids is 2. The SMILES string of the molecule is COc1ccc(S(=O)(=O)N(C(=O)c2ccccc2)c2ccc3oc(C)c(C(C)=O)c3c2)cc1. The molecule has 0 aliphatic rings. The molecule has 0 atom stereocenters. The van der Waals surface area contributed by atoms with E-state index in [0.29, 0.717) is 28.0 Å². The van der Waals surface area contributed by atoms with Crippen LogP contribution < -0.4 is 9.04 Å². The van der Waals surface area contributed by atoms with Crippen molar-refractivity contribution in [1.82, 2.24) is 0 Å². The monoisotopic (exact) mass is 463 g/mol. The fraction of sp³-hybridized carbons (Fsp3) is 0.120. The van der Waals surface area contributed by atoms with Crippen molar-refractivity contribution in [2.24, 2.45) is 0 Å². The third-order valence-electron chi connectivity index (χ3n) is 5.24. The summed E-state index contributed by atoms with van der Waals surface area (Å²) in [7, 11) is -2.83. The molecule has 0 bridgehead atoms. The maximum atomic E-state index is 13.7. The minimum atomic E-state index is -4.31. The van der Waals surface area contributed by atoms with E-state index >= 15 is 0 Å². The number of fused-ring (bicyclic) bond motifs is 1. The highest BCUT2D eigenvalue weighted by atomic mass is 32.2. The first-order chi connectivity index (χ1) is 15.7. The van der Waals surface area contributed by atoms with Crippen molar-refractivity contribution in [2.75, 3.05) is 11.4 Å². The normalized spacial score (nSPS) is 11.4. The van der Waals surface area contributed by atoms with E-state index in [4.69, 9.17) is 9.15 Å². The van der Waals surface area contributed by atoms with Crippen LogP contribution in [0.3, 0.4) is 0 Å². The van der Waals surface area contributed by atoms with Gasteiger partial charge in [0, 0.05) is 10.9 Å². The number of aryl methyl sites for hydroxylation is 1. The zero-order valence-electron chi connectivity index (χ0n) is 18.2. The lowest BCUT2D eigenvalue weighted by atomic mass is 10.1. The highest BCUT2D eigenvalue weighted by Gasteiger charge is 2.32. The van der Waals surface area contributed by atoms with Crippen LogP contribution in [0.1, 0.15) is 33.4 Å². The fourth-order valence-electron chi connectivity index (χ4n) is 3.69. The first kappa shape index (κ1) is 22.3. The summed E-state index contributed by atoms with van der Waals surface area (Å²) in [4.78, 5) is 25.6. The van der Waals surface area contributed by atoms with Crippen LogP contribution in [-0.4, -0.2) is 27.2 Å². The van der Waals surface area contributed by atoms with Crippen LogP contribution >= 0.6 is 0 Å². The molecule has 1 aromatic heterocycles. The van der Waals surface area contributed by atoms with Gasteiger partial charge < -0.3 is 9.15 Å². The van der Waals surface area contributed by atoms with Crippen LogP contribution in [0.2, 0.25) is 0 Å². The quantitative estimate of drug-likeness (QED) is 0.374. The molecule has 1 amide bonds. The van der Waals surface area contributed by atoms with Crippen molar-refractivity contribution >= 4 is 38.4 Å². The van der Waals surface area contributed by atoms with Gasteiger partial charge in [-0.2, -0.15) is 4.31 Å². The number of carbonyl (C=O) groups is 2. The van der Waals surface area contributed by atoms with Crippen LogP contribution in [0, 0.1) is 6.92 Å². The molecule has 0 N–H and O–H groups in total. The number of Topliss-reactive ketones (excluding diaryl/α,β-unsaturated/α-hetero) is 1. The molecule has 7 nitrogen and oxygen atoms in total. The minimum Gasteiger partial charge on any atom is -0.497 e. The number of benzene rings is 3. The van der Waals surface area contributed by atoms with Gasteiger partial charge in [0.1, 0.15) is 17.1 Å². The molecular weight excluding hydrogens is 442 g/mol. The number of nitrogens with zero attached hydrogens (tertiary/aromatic N) is 1. The van der Waals surface area contributed by atoms with Gasteiger partial charge in [0.25, 0.3) is 15.9 Å². The Hall–Kier alpha value is -3.91. The van der Waals surface area contributed by atoms with Gasteiger partial charge in [0.15, 0.2) is 5.78 Å². The lowest BCUT2D eigenvalue weighted by Crippen LogP contribution is -2.37. The zero-order valence-corrected chi connectivity index (χ0v) is 19.0. The molecule has 3 aromatic carbocycles. The van der Waals surface area contributed by atoms with Crippen molar-refractivity contribution in [3.8, 4) is 5.75 Å². The summed E-state index contributed by atoms with van der Waals surface area (Å²) in [5, 5.41) is 0.438. The van der Waals surface area contributed by atoms with E-state index < -0.39 is 15.9 Å². The van der Waals surface area contributed by atoms with Crippen molar-refractivity contribution in [1.29, 1.82) is 0 Å². The molecule has 0 saturated carbocycles. The summed E-state index contributed by atoms with van der Waals surface area (Å²) in [6, 6.07) is 18.4. The number of methoxy groups -OCH3 is 1. The standard InChI is InChI=1S/C25H21NO6S/c1-16(27)24-17(2)32-23-14-9-19(15-22(23)24)26(25(28)18-7-5-4-6-8-18)33(29,30)21-12-10-20(31-3)11-13-21/h4-15H,1-3H3. The molecule has 0 unspecified atom stereocenters. The summed E-state index contributed by atoms with van der Waals surface area (Å²) in [6.45, 7) is 3.07. The molecule has 1 heterocycles. The third kappa shape index (κ3) is 4.01. The third-order valence-corrected chi connectivity index (χ3v) is 6.96. The van der Waals surface area contributed by atoms with Crippen molar-refractivity contribution < 1.29 is 27.2 Å². The predicted molar refractivity (Wildman–Crippen MR) is 124 cm³/mol. The van der Waals surface area contributed by atoms with Gasteiger partial charge in [0.05, 0.1) is 23.3 Å². The molecule has 0 aliphatic heterocycles. The average Bonchev–Trinajstić information content (AvgIpc) is 3.14. The number of hydrogen-bond donors (Lipinski definition) is 0. The number of hydrogen-bond acceptors (Lipinski definition) is 6. The summed E-state index contributed by atoms with van der Waals surface area (Å²) >= 11 is 0. The number of ketones is 1. The number of ether oxygens (including phenoxy) is 1. The van der Waals surface area contributed by atoms with Crippen molar-refractivity contribution in [2.45, 2.75) is 18.7 Å². The molecule has 0 aliphatic carbocycles. The second-order valence-corrected chi connectivity index (χ2v) is 9.17. The molecule has 0 fully saturated rings. The Bertz CT molecular complexity index is 1450. The molecule has 0 saturated heterocycles. The largest absolute Gasteiger partial charge is 0.497 e. The maximum absolute atomic E-state index is 13.7. The molecule has 0 spiro atoms. The summed E-state index contributed by atoms with van der Waals surface area (Å²) < 4.78 is 38.9. The Morgan fingerprint density at radius 1 is 0.939 bits per heavy atom. The number of anilines is 1. The van der Waals surface area contributed by atoms with E-state index in [9.17, 15) is 18.0 Å². The molecular formula is C25H21NO6S. The first-order valence-corrected chi connectivity index (χ1v) is 11.5. The zero-order chi connectivity index (χ0) is 23.8. The predicted octanol–water partition coefficient (Wildman–Crippen LogP) is 4.99. The molecule has 33 heavy (non-hydrogen) atoms. The van der Waals surface area contributed by atoms with Crippen LogP contribution in [0.15, 0.2) is 82.1 Å². The Morgan fingerprint density at radius 3 is 2.21 bits per heavy atom. The molecule has 168 valence electrons. The first-order valence-electron chi connectivity index (χ1n) is 10.1. The van der Waals surface area contributed by atoms with E-state index in [1.165, 1.54) is 50.4 Å². The molecule has 4 rings (SSSR count). The van der Waals surface area contributed by atoms with E-state index in [1.807, 2.05) is 0 Å². The highest BCUT2D eigenvalue weighted by Crippen LogP contribution is 2.33. The van der Waals surface area contributed by atoms with E-state index in [1.54, 1.807) is 43.3 Å². The van der Waals surface area contributed by atoms with Crippen LogP contribution in [0.25, 0.3) is 11.0 Å². The summed E-state index contributed by atoms with van der Waals surface area (Å²) in [6.07, 6.45) is 0.